The molecule has 1 saturated heterocycles. The number of nitrogens with zero attached hydrogens (tertiary/aromatic N) is 5. The number of rotatable bonds is 5. The fraction of sp³-hybridized carbons (Fsp3) is 0.500. The first-order valence-corrected chi connectivity index (χ1v) is 11.2. The first-order chi connectivity index (χ1) is 13.4. The molecule has 2 aliphatic rings. The largest absolute Gasteiger partial charge is 0.345 e. The van der Waals surface area contributed by atoms with Crippen LogP contribution in [0.1, 0.15) is 41.6 Å². The maximum Gasteiger partial charge on any atom is 0.257 e. The lowest BCUT2D eigenvalue weighted by molar-refractivity contribution is 0.0726. The van der Waals surface area contributed by atoms with E-state index in [1.807, 2.05) is 0 Å². The highest BCUT2D eigenvalue weighted by Crippen LogP contribution is 2.47. The van der Waals surface area contributed by atoms with Crippen LogP contribution in [-0.2, 0) is 15.4 Å². The summed E-state index contributed by atoms with van der Waals surface area (Å²) in [6.07, 6.45) is 12.4. The van der Waals surface area contributed by atoms with Crippen molar-refractivity contribution in [3.63, 3.8) is 0 Å². The molecule has 28 heavy (non-hydrogen) atoms. The van der Waals surface area contributed by atoms with E-state index < -0.39 is 15.1 Å². The zero-order valence-electron chi connectivity index (χ0n) is 15.6. The molecule has 2 fully saturated rings. The molecule has 3 heterocycles. The van der Waals surface area contributed by atoms with Crippen molar-refractivity contribution < 1.29 is 13.2 Å². The molecule has 1 aliphatic heterocycles. The lowest BCUT2D eigenvalue weighted by Gasteiger charge is -2.31. The minimum atomic E-state index is -3.17. The Morgan fingerprint density at radius 1 is 1.18 bits per heavy atom. The summed E-state index contributed by atoms with van der Waals surface area (Å²) in [5.74, 6) is 0.197. The Balaban J connectivity index is 1.44. The Morgan fingerprint density at radius 3 is 2.46 bits per heavy atom. The van der Waals surface area contributed by atoms with E-state index >= 15 is 0 Å². The van der Waals surface area contributed by atoms with Crippen molar-refractivity contribution in [2.75, 3.05) is 24.7 Å². The number of amides is 1. The first-order valence-electron chi connectivity index (χ1n) is 9.21. The van der Waals surface area contributed by atoms with Gasteiger partial charge in [-0.3, -0.25) is 4.79 Å². The van der Waals surface area contributed by atoms with Gasteiger partial charge in [-0.05, 0) is 25.7 Å². The summed E-state index contributed by atoms with van der Waals surface area (Å²) >= 11 is 0. The second-order valence-electron chi connectivity index (χ2n) is 7.47. The third-order valence-electron chi connectivity index (χ3n) is 5.38. The lowest BCUT2D eigenvalue weighted by Crippen LogP contribution is -2.45. The molecule has 1 N–H and O–H groups in total. The van der Waals surface area contributed by atoms with Crippen LogP contribution in [0.15, 0.2) is 31.1 Å². The summed E-state index contributed by atoms with van der Waals surface area (Å²) in [5.41, 5.74) is 1.09. The van der Waals surface area contributed by atoms with E-state index in [2.05, 4.69) is 25.3 Å². The number of carbonyl (C=O) groups excluding carboxylic acids is 1. The van der Waals surface area contributed by atoms with Crippen LogP contribution in [-0.4, -0.2) is 63.8 Å². The quantitative estimate of drug-likeness (QED) is 0.787. The number of aromatic nitrogens is 4. The monoisotopic (exact) mass is 402 g/mol. The average molecular weight is 402 g/mol. The number of hydrogen-bond donors (Lipinski definition) is 1. The topological polar surface area (TPSA) is 118 Å². The van der Waals surface area contributed by atoms with Crippen LogP contribution >= 0.6 is 0 Å². The van der Waals surface area contributed by atoms with Gasteiger partial charge in [0.05, 0.1) is 16.4 Å². The molecule has 1 aliphatic carbocycles. The summed E-state index contributed by atoms with van der Waals surface area (Å²) < 4.78 is 23.6. The number of sulfone groups is 1. The minimum Gasteiger partial charge on any atom is -0.345 e. The Morgan fingerprint density at radius 2 is 1.86 bits per heavy atom. The van der Waals surface area contributed by atoms with Crippen LogP contribution < -0.4 is 5.32 Å². The second kappa shape index (κ2) is 7.08. The van der Waals surface area contributed by atoms with E-state index in [0.717, 1.165) is 18.4 Å². The SMILES string of the molecule is CS(=O)(=O)[C@H]1CCCN(C(=O)c2cnc(NC3(c4cncnc4)CC3)nc2)C1. The number of anilines is 1. The third-order valence-corrected chi connectivity index (χ3v) is 6.98. The molecule has 0 spiro atoms. The fourth-order valence-electron chi connectivity index (χ4n) is 3.53. The highest BCUT2D eigenvalue weighted by Gasteiger charge is 2.45. The number of hydrogen-bond acceptors (Lipinski definition) is 8. The molecule has 0 aromatic carbocycles. The van der Waals surface area contributed by atoms with Crippen molar-refractivity contribution in [2.45, 2.75) is 36.5 Å². The molecule has 1 saturated carbocycles. The van der Waals surface area contributed by atoms with Gasteiger partial charge in [-0.1, -0.05) is 0 Å². The molecule has 2 aromatic heterocycles. The Kier molecular flexibility index (Phi) is 4.74. The molecular weight excluding hydrogens is 380 g/mol. The molecule has 1 atom stereocenters. The predicted octanol–water partition coefficient (Wildman–Crippen LogP) is 1.02. The standard InChI is InChI=1S/C18H22N6O3S/c1-28(26,27)15-3-2-6-24(11-15)16(25)13-7-21-17(22-8-13)23-18(4-5-18)14-9-19-12-20-10-14/h7-10,12,15H,2-6,11H2,1H3,(H,21,22,23)/t15-/m0/s1. The number of likely N-dealkylation sites (tertiary alicyclic amines) is 1. The van der Waals surface area contributed by atoms with Crippen molar-refractivity contribution in [3.8, 4) is 0 Å². The van der Waals surface area contributed by atoms with Gasteiger partial charge in [-0.2, -0.15) is 0 Å². The number of nitrogens with one attached hydrogen (secondary N) is 1. The highest BCUT2D eigenvalue weighted by atomic mass is 32.2. The summed E-state index contributed by atoms with van der Waals surface area (Å²) in [5, 5.41) is 2.81. The van der Waals surface area contributed by atoms with Gasteiger partial charge in [0.2, 0.25) is 5.95 Å². The molecule has 2 aromatic rings. The van der Waals surface area contributed by atoms with Crippen LogP contribution in [0.25, 0.3) is 0 Å². The Bertz CT molecular complexity index is 961. The van der Waals surface area contributed by atoms with Crippen molar-refractivity contribution in [1.82, 2.24) is 24.8 Å². The van der Waals surface area contributed by atoms with Crippen LogP contribution in [0, 0.1) is 0 Å². The van der Waals surface area contributed by atoms with Gasteiger partial charge in [0, 0.05) is 49.7 Å². The average Bonchev–Trinajstić information content (AvgIpc) is 3.49. The molecular formula is C18H22N6O3S. The first kappa shape index (κ1) is 18.7. The number of piperidine rings is 1. The summed E-state index contributed by atoms with van der Waals surface area (Å²) in [7, 11) is -3.17. The highest BCUT2D eigenvalue weighted by molar-refractivity contribution is 7.91. The van der Waals surface area contributed by atoms with E-state index in [0.29, 0.717) is 30.9 Å². The van der Waals surface area contributed by atoms with Crippen molar-refractivity contribution >= 4 is 21.7 Å². The van der Waals surface area contributed by atoms with E-state index in [1.54, 1.807) is 17.3 Å². The van der Waals surface area contributed by atoms with Gasteiger partial charge in [0.1, 0.15) is 6.33 Å². The smallest absolute Gasteiger partial charge is 0.257 e. The van der Waals surface area contributed by atoms with Gasteiger partial charge in [-0.15, -0.1) is 0 Å². The normalized spacial score (nSPS) is 21.2. The van der Waals surface area contributed by atoms with Crippen LogP contribution in [0.2, 0.25) is 0 Å². The lowest BCUT2D eigenvalue weighted by atomic mass is 10.1. The zero-order chi connectivity index (χ0) is 19.8. The molecule has 1 amide bonds. The molecule has 4 rings (SSSR count). The summed E-state index contributed by atoms with van der Waals surface area (Å²) in [4.78, 5) is 31.0. The summed E-state index contributed by atoms with van der Waals surface area (Å²) in [6.45, 7) is 0.761. The second-order valence-corrected chi connectivity index (χ2v) is 9.80. The van der Waals surface area contributed by atoms with Gasteiger partial charge >= 0.3 is 0 Å². The Labute approximate surface area is 163 Å². The zero-order valence-corrected chi connectivity index (χ0v) is 16.4. The Hall–Kier alpha value is -2.62. The van der Waals surface area contributed by atoms with Gasteiger partial charge in [-0.25, -0.2) is 28.4 Å². The van der Waals surface area contributed by atoms with Crippen LogP contribution in [0.5, 0.6) is 0 Å². The van der Waals surface area contributed by atoms with E-state index in [4.69, 9.17) is 0 Å². The van der Waals surface area contributed by atoms with Gasteiger partial charge < -0.3 is 10.2 Å². The van der Waals surface area contributed by atoms with E-state index in [9.17, 15) is 13.2 Å². The maximum atomic E-state index is 12.7. The number of carbonyl (C=O) groups is 1. The minimum absolute atomic E-state index is 0.217. The van der Waals surface area contributed by atoms with Gasteiger partial charge in [0.25, 0.3) is 5.91 Å². The van der Waals surface area contributed by atoms with E-state index in [1.165, 1.54) is 25.0 Å². The predicted molar refractivity (Wildman–Crippen MR) is 102 cm³/mol. The van der Waals surface area contributed by atoms with Gasteiger partial charge in [0.15, 0.2) is 9.84 Å². The van der Waals surface area contributed by atoms with E-state index in [-0.39, 0.29) is 18.0 Å². The van der Waals surface area contributed by atoms with Crippen molar-refractivity contribution in [3.05, 3.63) is 42.2 Å². The van der Waals surface area contributed by atoms with Crippen molar-refractivity contribution in [2.24, 2.45) is 0 Å². The molecule has 10 heteroatoms. The third kappa shape index (κ3) is 3.82. The fourth-order valence-corrected chi connectivity index (χ4v) is 4.57. The molecule has 0 bridgehead atoms. The molecule has 0 radical (unpaired) electrons. The summed E-state index contributed by atoms with van der Waals surface area (Å²) in [6, 6.07) is 0. The van der Waals surface area contributed by atoms with Crippen molar-refractivity contribution in [1.29, 1.82) is 0 Å². The maximum absolute atomic E-state index is 12.7. The van der Waals surface area contributed by atoms with Crippen LogP contribution in [0.4, 0.5) is 5.95 Å². The molecule has 9 nitrogen and oxygen atoms in total. The van der Waals surface area contributed by atoms with Crippen LogP contribution in [0.3, 0.4) is 0 Å². The molecule has 0 unspecified atom stereocenters. The molecule has 148 valence electrons.